The molecule has 0 aliphatic carbocycles. The third kappa shape index (κ3) is 3.11. The lowest BCUT2D eigenvalue weighted by Crippen LogP contribution is -2.21. The Labute approximate surface area is 112 Å². The molecular formula is C11H12F3N5O. The Hall–Kier alpha value is -2.00. The molecule has 0 amide bonds. The summed E-state index contributed by atoms with van der Waals surface area (Å²) in [6.45, 7) is 1.21. The van der Waals surface area contributed by atoms with E-state index in [1.807, 2.05) is 0 Å². The molecule has 0 saturated heterocycles. The number of hydrogen-bond acceptors (Lipinski definition) is 5. The summed E-state index contributed by atoms with van der Waals surface area (Å²) in [6, 6.07) is 1.28. The van der Waals surface area contributed by atoms with Crippen molar-refractivity contribution in [2.24, 2.45) is 0 Å². The van der Waals surface area contributed by atoms with Crippen LogP contribution in [0.2, 0.25) is 0 Å². The van der Waals surface area contributed by atoms with E-state index in [2.05, 4.69) is 20.8 Å². The van der Waals surface area contributed by atoms with Crippen LogP contribution in [-0.4, -0.2) is 40.5 Å². The Balaban J connectivity index is 2.23. The van der Waals surface area contributed by atoms with Crippen molar-refractivity contribution in [1.29, 1.82) is 0 Å². The standard InChI is InChI=1S/C11H12F3N5O/c1-20-3-2-15-6-10-16-17-18-19(10)9-5-7(12)4-8(13)11(9)14/h4-5,15H,2-3,6H2,1H3. The van der Waals surface area contributed by atoms with E-state index in [4.69, 9.17) is 4.74 Å². The molecule has 0 saturated carbocycles. The first-order valence-electron chi connectivity index (χ1n) is 5.75. The van der Waals surface area contributed by atoms with Gasteiger partial charge in [0.1, 0.15) is 11.5 Å². The van der Waals surface area contributed by atoms with Gasteiger partial charge in [-0.3, -0.25) is 0 Å². The fourth-order valence-electron chi connectivity index (χ4n) is 1.57. The SMILES string of the molecule is COCCNCc1nnnn1-c1cc(F)cc(F)c1F. The van der Waals surface area contributed by atoms with Gasteiger partial charge in [-0.05, 0) is 10.4 Å². The van der Waals surface area contributed by atoms with E-state index in [9.17, 15) is 13.2 Å². The van der Waals surface area contributed by atoms with Crippen LogP contribution >= 0.6 is 0 Å². The number of hydrogen-bond donors (Lipinski definition) is 1. The highest BCUT2D eigenvalue weighted by Gasteiger charge is 2.17. The van der Waals surface area contributed by atoms with Crippen LogP contribution in [0.1, 0.15) is 5.82 Å². The molecule has 1 aromatic carbocycles. The second-order valence-electron chi connectivity index (χ2n) is 3.90. The van der Waals surface area contributed by atoms with Crippen LogP contribution in [0.3, 0.4) is 0 Å². The maximum Gasteiger partial charge on any atom is 0.184 e. The van der Waals surface area contributed by atoms with Crippen molar-refractivity contribution in [1.82, 2.24) is 25.5 Å². The maximum absolute atomic E-state index is 13.7. The number of benzene rings is 1. The number of rotatable bonds is 6. The van der Waals surface area contributed by atoms with Gasteiger partial charge >= 0.3 is 0 Å². The van der Waals surface area contributed by atoms with Crippen molar-refractivity contribution < 1.29 is 17.9 Å². The fourth-order valence-corrected chi connectivity index (χ4v) is 1.57. The van der Waals surface area contributed by atoms with Crippen molar-refractivity contribution in [2.75, 3.05) is 20.3 Å². The first kappa shape index (κ1) is 14.4. The first-order valence-corrected chi connectivity index (χ1v) is 5.75. The minimum atomic E-state index is -1.30. The summed E-state index contributed by atoms with van der Waals surface area (Å²) >= 11 is 0. The van der Waals surface area contributed by atoms with Crippen molar-refractivity contribution in [2.45, 2.75) is 6.54 Å². The smallest absolute Gasteiger partial charge is 0.184 e. The van der Waals surface area contributed by atoms with Gasteiger partial charge in [-0.15, -0.1) is 5.10 Å². The summed E-state index contributed by atoms with van der Waals surface area (Å²) in [7, 11) is 1.55. The molecule has 6 nitrogen and oxygen atoms in total. The largest absolute Gasteiger partial charge is 0.383 e. The van der Waals surface area contributed by atoms with Gasteiger partial charge in [-0.1, -0.05) is 0 Å². The number of tetrazole rings is 1. The van der Waals surface area contributed by atoms with Crippen LogP contribution in [0.5, 0.6) is 0 Å². The third-order valence-electron chi connectivity index (χ3n) is 2.50. The number of methoxy groups -OCH3 is 1. The number of ether oxygens (including phenoxy) is 1. The molecule has 0 atom stereocenters. The molecule has 0 bridgehead atoms. The minimum Gasteiger partial charge on any atom is -0.383 e. The first-order chi connectivity index (χ1) is 9.63. The van der Waals surface area contributed by atoms with Crippen LogP contribution in [0.4, 0.5) is 13.2 Å². The Morgan fingerprint density at radius 3 is 2.85 bits per heavy atom. The van der Waals surface area contributed by atoms with Crippen LogP contribution < -0.4 is 5.32 Å². The van der Waals surface area contributed by atoms with Gasteiger partial charge in [-0.2, -0.15) is 4.68 Å². The van der Waals surface area contributed by atoms with E-state index < -0.39 is 17.5 Å². The van der Waals surface area contributed by atoms with Crippen molar-refractivity contribution in [3.63, 3.8) is 0 Å². The van der Waals surface area contributed by atoms with Crippen molar-refractivity contribution in [3.8, 4) is 5.69 Å². The van der Waals surface area contributed by atoms with E-state index in [0.29, 0.717) is 19.2 Å². The normalized spacial score (nSPS) is 11.0. The van der Waals surface area contributed by atoms with E-state index in [1.165, 1.54) is 0 Å². The summed E-state index contributed by atoms with van der Waals surface area (Å²) in [5, 5.41) is 13.5. The van der Waals surface area contributed by atoms with E-state index in [0.717, 1.165) is 10.7 Å². The number of nitrogens with one attached hydrogen (secondary N) is 1. The highest BCUT2D eigenvalue weighted by atomic mass is 19.2. The van der Waals surface area contributed by atoms with E-state index >= 15 is 0 Å². The summed E-state index contributed by atoms with van der Waals surface area (Å²) in [5.74, 6) is -3.19. The Morgan fingerprint density at radius 1 is 1.30 bits per heavy atom. The van der Waals surface area contributed by atoms with Gasteiger partial charge in [-0.25, -0.2) is 13.2 Å². The molecule has 1 aromatic heterocycles. The third-order valence-corrected chi connectivity index (χ3v) is 2.50. The summed E-state index contributed by atoms with van der Waals surface area (Å²) in [5.41, 5.74) is -0.379. The van der Waals surface area contributed by atoms with E-state index in [1.54, 1.807) is 7.11 Å². The molecular weight excluding hydrogens is 275 g/mol. The predicted molar refractivity (Wildman–Crippen MR) is 62.6 cm³/mol. The molecule has 0 aliphatic rings. The number of aromatic nitrogens is 4. The molecule has 0 radical (unpaired) electrons. The van der Waals surface area contributed by atoms with Crippen LogP contribution in [0, 0.1) is 17.5 Å². The Morgan fingerprint density at radius 2 is 2.10 bits per heavy atom. The average Bonchev–Trinajstić information content (AvgIpc) is 2.87. The topological polar surface area (TPSA) is 64.9 Å². The maximum atomic E-state index is 13.7. The average molecular weight is 287 g/mol. The highest BCUT2D eigenvalue weighted by Crippen LogP contribution is 2.18. The molecule has 1 N–H and O–H groups in total. The predicted octanol–water partition coefficient (Wildman–Crippen LogP) is 0.816. The fraction of sp³-hybridized carbons (Fsp3) is 0.364. The molecule has 0 fully saturated rings. The van der Waals surface area contributed by atoms with Crippen LogP contribution in [-0.2, 0) is 11.3 Å². The number of halogens is 3. The summed E-state index contributed by atoms with van der Waals surface area (Å²) in [4.78, 5) is 0. The Bertz CT molecular complexity index is 589. The van der Waals surface area contributed by atoms with Crippen molar-refractivity contribution >= 4 is 0 Å². The lowest BCUT2D eigenvalue weighted by Gasteiger charge is -2.07. The van der Waals surface area contributed by atoms with Gasteiger partial charge in [0.15, 0.2) is 17.5 Å². The lowest BCUT2D eigenvalue weighted by molar-refractivity contribution is 0.199. The van der Waals surface area contributed by atoms with Gasteiger partial charge in [0, 0.05) is 25.8 Å². The molecule has 2 rings (SSSR count). The summed E-state index contributed by atoms with van der Waals surface area (Å²) in [6.07, 6.45) is 0. The molecule has 20 heavy (non-hydrogen) atoms. The van der Waals surface area contributed by atoms with Crippen LogP contribution in [0.25, 0.3) is 5.69 Å². The van der Waals surface area contributed by atoms with Gasteiger partial charge in [0.05, 0.1) is 13.2 Å². The van der Waals surface area contributed by atoms with Gasteiger partial charge in [0.2, 0.25) is 0 Å². The molecule has 108 valence electrons. The van der Waals surface area contributed by atoms with Crippen LogP contribution in [0.15, 0.2) is 12.1 Å². The summed E-state index contributed by atoms with van der Waals surface area (Å²) < 4.78 is 45.8. The lowest BCUT2D eigenvalue weighted by atomic mass is 10.3. The van der Waals surface area contributed by atoms with E-state index in [-0.39, 0.29) is 18.1 Å². The monoisotopic (exact) mass is 287 g/mol. The number of nitrogens with zero attached hydrogens (tertiary/aromatic N) is 4. The Kier molecular flexibility index (Phi) is 4.64. The zero-order valence-corrected chi connectivity index (χ0v) is 10.6. The highest BCUT2D eigenvalue weighted by molar-refractivity contribution is 5.34. The molecule has 9 heteroatoms. The zero-order chi connectivity index (χ0) is 14.5. The zero-order valence-electron chi connectivity index (χ0n) is 10.6. The molecule has 0 unspecified atom stereocenters. The van der Waals surface area contributed by atoms with Crippen molar-refractivity contribution in [3.05, 3.63) is 35.4 Å². The molecule has 0 spiro atoms. The second kappa shape index (κ2) is 6.44. The molecule has 2 aromatic rings. The van der Waals surface area contributed by atoms with Gasteiger partial charge in [0.25, 0.3) is 0 Å². The molecule has 1 heterocycles. The van der Waals surface area contributed by atoms with Gasteiger partial charge < -0.3 is 10.1 Å². The quantitative estimate of drug-likeness (QED) is 0.629. The second-order valence-corrected chi connectivity index (χ2v) is 3.90. The molecule has 0 aliphatic heterocycles. The minimum absolute atomic E-state index is 0.202.